The molecule has 0 saturated carbocycles. The number of fused-ring (bicyclic) bond motifs is 1. The van der Waals surface area contributed by atoms with Crippen LogP contribution in [-0.2, 0) is 22.4 Å². The van der Waals surface area contributed by atoms with Crippen molar-refractivity contribution in [2.75, 3.05) is 25.5 Å². The number of anilines is 1. The van der Waals surface area contributed by atoms with Gasteiger partial charge in [-0.25, -0.2) is 4.79 Å². The number of piperidine rings is 1. The number of nitrogens with one attached hydrogen (secondary N) is 1. The molecular formula is C29H36F3N3O3. The molecule has 2 amide bonds. The fourth-order valence-electron chi connectivity index (χ4n) is 5.34. The van der Waals surface area contributed by atoms with Gasteiger partial charge in [-0.15, -0.1) is 0 Å². The SMILES string of the molecule is CN(C(=O)C1CCN(C(=O)OC(C)(C)C)CC1)[C@@H](c1ccc(NC2Cc3ccccc3C2)cc1)C(F)(F)F. The van der Waals surface area contributed by atoms with Crippen LogP contribution in [0.1, 0.15) is 56.3 Å². The molecule has 9 heteroatoms. The molecule has 206 valence electrons. The summed E-state index contributed by atoms with van der Waals surface area (Å²) in [5, 5.41) is 3.42. The Hall–Kier alpha value is -3.23. The number of carbonyl (C=O) groups is 2. The maximum Gasteiger partial charge on any atom is 0.413 e. The molecule has 38 heavy (non-hydrogen) atoms. The summed E-state index contributed by atoms with van der Waals surface area (Å²) < 4.78 is 48.0. The molecule has 4 rings (SSSR count). The minimum atomic E-state index is -4.64. The molecular weight excluding hydrogens is 495 g/mol. The summed E-state index contributed by atoms with van der Waals surface area (Å²) in [5.41, 5.74) is 2.69. The summed E-state index contributed by atoms with van der Waals surface area (Å²) in [7, 11) is 1.21. The summed E-state index contributed by atoms with van der Waals surface area (Å²) in [6.07, 6.45) is -2.79. The van der Waals surface area contributed by atoms with Crippen LogP contribution in [-0.4, -0.2) is 59.8 Å². The summed E-state index contributed by atoms with van der Waals surface area (Å²) in [5.74, 6) is -1.16. The van der Waals surface area contributed by atoms with Gasteiger partial charge in [-0.3, -0.25) is 4.79 Å². The predicted molar refractivity (Wildman–Crippen MR) is 140 cm³/mol. The molecule has 0 aromatic heterocycles. The second-order valence-corrected chi connectivity index (χ2v) is 11.3. The minimum Gasteiger partial charge on any atom is -0.444 e. The summed E-state index contributed by atoms with van der Waals surface area (Å²) in [6, 6.07) is 12.5. The third kappa shape index (κ3) is 6.60. The van der Waals surface area contributed by atoms with Crippen molar-refractivity contribution in [1.82, 2.24) is 9.80 Å². The molecule has 2 aromatic carbocycles. The number of alkyl halides is 3. The molecule has 0 radical (unpaired) electrons. The zero-order valence-electron chi connectivity index (χ0n) is 22.3. The van der Waals surface area contributed by atoms with E-state index in [-0.39, 0.29) is 24.7 Å². The zero-order chi connectivity index (χ0) is 27.7. The average molecular weight is 532 g/mol. The van der Waals surface area contributed by atoms with E-state index >= 15 is 0 Å². The van der Waals surface area contributed by atoms with Gasteiger partial charge in [-0.2, -0.15) is 13.2 Å². The van der Waals surface area contributed by atoms with E-state index < -0.39 is 35.7 Å². The van der Waals surface area contributed by atoms with Crippen molar-refractivity contribution in [3.05, 3.63) is 65.2 Å². The van der Waals surface area contributed by atoms with Crippen LogP contribution in [0.15, 0.2) is 48.5 Å². The lowest BCUT2D eigenvalue weighted by Gasteiger charge is -2.37. The molecule has 1 atom stereocenters. The van der Waals surface area contributed by atoms with Gasteiger partial charge in [-0.1, -0.05) is 36.4 Å². The highest BCUT2D eigenvalue weighted by molar-refractivity contribution is 5.80. The Morgan fingerprint density at radius 1 is 0.974 bits per heavy atom. The molecule has 2 aromatic rings. The fourth-order valence-corrected chi connectivity index (χ4v) is 5.34. The van der Waals surface area contributed by atoms with Crippen LogP contribution < -0.4 is 5.32 Å². The molecule has 0 bridgehead atoms. The van der Waals surface area contributed by atoms with Crippen LogP contribution in [0.25, 0.3) is 0 Å². The maximum atomic E-state index is 14.2. The van der Waals surface area contributed by atoms with E-state index in [4.69, 9.17) is 4.74 Å². The van der Waals surface area contributed by atoms with Gasteiger partial charge >= 0.3 is 12.3 Å². The first kappa shape index (κ1) is 27.8. The lowest BCUT2D eigenvalue weighted by Crippen LogP contribution is -2.47. The molecule has 1 aliphatic heterocycles. The number of benzene rings is 2. The molecule has 1 fully saturated rings. The van der Waals surface area contributed by atoms with Gasteiger partial charge in [-0.05, 0) is 75.3 Å². The van der Waals surface area contributed by atoms with Crippen LogP contribution in [0.3, 0.4) is 0 Å². The third-order valence-electron chi connectivity index (χ3n) is 7.19. The van der Waals surface area contributed by atoms with Crippen LogP contribution in [0.4, 0.5) is 23.7 Å². The highest BCUT2D eigenvalue weighted by Gasteiger charge is 2.46. The van der Waals surface area contributed by atoms with Crippen molar-refractivity contribution in [2.45, 2.75) is 70.3 Å². The maximum absolute atomic E-state index is 14.2. The van der Waals surface area contributed by atoms with Gasteiger partial charge < -0.3 is 19.9 Å². The molecule has 1 heterocycles. The van der Waals surface area contributed by atoms with Gasteiger partial charge in [0.15, 0.2) is 6.04 Å². The molecule has 6 nitrogen and oxygen atoms in total. The summed E-state index contributed by atoms with van der Waals surface area (Å²) in [4.78, 5) is 27.8. The van der Waals surface area contributed by atoms with E-state index in [1.165, 1.54) is 35.2 Å². The molecule has 1 N–H and O–H groups in total. The van der Waals surface area contributed by atoms with E-state index in [0.29, 0.717) is 12.8 Å². The second-order valence-electron chi connectivity index (χ2n) is 11.3. The monoisotopic (exact) mass is 531 g/mol. The normalized spacial score (nSPS) is 17.6. The molecule has 2 aliphatic rings. The Kier molecular flexibility index (Phi) is 7.95. The van der Waals surface area contributed by atoms with Crippen molar-refractivity contribution in [3.8, 4) is 0 Å². The van der Waals surface area contributed by atoms with Gasteiger partial charge in [0.25, 0.3) is 0 Å². The smallest absolute Gasteiger partial charge is 0.413 e. The van der Waals surface area contributed by atoms with E-state index in [0.717, 1.165) is 23.4 Å². The molecule has 1 saturated heterocycles. The number of hydrogen-bond acceptors (Lipinski definition) is 4. The molecule has 0 spiro atoms. The van der Waals surface area contributed by atoms with E-state index in [1.54, 1.807) is 32.9 Å². The molecule has 1 aliphatic carbocycles. The van der Waals surface area contributed by atoms with Crippen LogP contribution >= 0.6 is 0 Å². The minimum absolute atomic E-state index is 0.0137. The van der Waals surface area contributed by atoms with Crippen LogP contribution in [0.2, 0.25) is 0 Å². The van der Waals surface area contributed by atoms with Crippen LogP contribution in [0.5, 0.6) is 0 Å². The Balaban J connectivity index is 1.38. The Bertz CT molecular complexity index is 1110. The Labute approximate surface area is 222 Å². The largest absolute Gasteiger partial charge is 0.444 e. The number of ether oxygens (including phenoxy) is 1. The topological polar surface area (TPSA) is 61.9 Å². The van der Waals surface area contributed by atoms with Gasteiger partial charge in [0, 0.05) is 37.8 Å². The van der Waals surface area contributed by atoms with Gasteiger partial charge in [0.05, 0.1) is 0 Å². The van der Waals surface area contributed by atoms with Gasteiger partial charge in [0.1, 0.15) is 5.60 Å². The Morgan fingerprint density at radius 3 is 2.03 bits per heavy atom. The van der Waals surface area contributed by atoms with Crippen molar-refractivity contribution < 1.29 is 27.5 Å². The number of nitrogens with zero attached hydrogens (tertiary/aromatic N) is 2. The van der Waals surface area contributed by atoms with Crippen LogP contribution in [0, 0.1) is 5.92 Å². The number of likely N-dealkylation sites (tertiary alicyclic amines) is 1. The first-order chi connectivity index (χ1) is 17.8. The second kappa shape index (κ2) is 10.9. The van der Waals surface area contributed by atoms with E-state index in [9.17, 15) is 22.8 Å². The first-order valence-electron chi connectivity index (χ1n) is 13.1. The predicted octanol–water partition coefficient (Wildman–Crippen LogP) is 5.97. The highest BCUT2D eigenvalue weighted by Crippen LogP contribution is 2.39. The van der Waals surface area contributed by atoms with E-state index in [2.05, 4.69) is 17.4 Å². The number of halogens is 3. The number of hydrogen-bond donors (Lipinski definition) is 1. The zero-order valence-corrected chi connectivity index (χ0v) is 22.3. The van der Waals surface area contributed by atoms with Crippen molar-refractivity contribution >= 4 is 17.7 Å². The number of amides is 2. The lowest BCUT2D eigenvalue weighted by molar-refractivity contribution is -0.191. The standard InChI is InChI=1S/C29H36F3N3O3/c1-28(2,3)38-27(37)35-15-13-20(14-16-35)26(36)34(4)25(29(30,31)32)19-9-11-23(12-10-19)33-24-17-21-7-5-6-8-22(21)18-24/h5-12,20,24-25,33H,13-18H2,1-4H3/t25-/m0/s1. The first-order valence-corrected chi connectivity index (χ1v) is 13.1. The van der Waals surface area contributed by atoms with Gasteiger partial charge in [0.2, 0.25) is 5.91 Å². The fraction of sp³-hybridized carbons (Fsp3) is 0.517. The third-order valence-corrected chi connectivity index (χ3v) is 7.19. The summed E-state index contributed by atoms with van der Waals surface area (Å²) in [6.45, 7) is 5.83. The lowest BCUT2D eigenvalue weighted by atomic mass is 9.94. The Morgan fingerprint density at radius 2 is 1.53 bits per heavy atom. The molecule has 0 unspecified atom stereocenters. The number of rotatable bonds is 5. The average Bonchev–Trinajstić information content (AvgIpc) is 3.25. The van der Waals surface area contributed by atoms with Crippen molar-refractivity contribution in [3.63, 3.8) is 0 Å². The highest BCUT2D eigenvalue weighted by atomic mass is 19.4. The van der Waals surface area contributed by atoms with Crippen molar-refractivity contribution in [2.24, 2.45) is 5.92 Å². The quantitative estimate of drug-likeness (QED) is 0.516. The number of carbonyl (C=O) groups excluding carboxylic acids is 2. The summed E-state index contributed by atoms with van der Waals surface area (Å²) >= 11 is 0. The van der Waals surface area contributed by atoms with Crippen molar-refractivity contribution in [1.29, 1.82) is 0 Å². The van der Waals surface area contributed by atoms with E-state index in [1.807, 2.05) is 12.1 Å².